The molecule has 0 bridgehead atoms. The summed E-state index contributed by atoms with van der Waals surface area (Å²) in [5, 5.41) is 22.0. The normalized spacial score (nSPS) is 11.8. The summed E-state index contributed by atoms with van der Waals surface area (Å²) in [6.07, 6.45) is 1.83. The van der Waals surface area contributed by atoms with E-state index < -0.39 is 5.97 Å². The lowest BCUT2D eigenvalue weighted by Crippen LogP contribution is -2.24. The molecule has 0 aliphatic rings. The maximum atomic E-state index is 10.7. The molecular formula is C12H17N5O2S. The predicted molar refractivity (Wildman–Crippen MR) is 75.6 cm³/mol. The number of aliphatic carboxylic acids is 1. The highest BCUT2D eigenvalue weighted by molar-refractivity contribution is 7.99. The fourth-order valence-corrected chi connectivity index (χ4v) is 2.64. The number of carboxylic acid groups (broad SMARTS) is 1. The Labute approximate surface area is 121 Å². The lowest BCUT2D eigenvalue weighted by molar-refractivity contribution is -0.133. The van der Waals surface area contributed by atoms with Crippen LogP contribution in [0.15, 0.2) is 17.4 Å². The number of thioether (sulfide) groups is 1. The zero-order valence-corrected chi connectivity index (χ0v) is 12.7. The molecule has 0 unspecified atom stereocenters. The van der Waals surface area contributed by atoms with Crippen LogP contribution in [0, 0.1) is 0 Å². The second-order valence-corrected chi connectivity index (χ2v) is 6.31. The summed E-state index contributed by atoms with van der Waals surface area (Å²) in [7, 11) is 1.83. The van der Waals surface area contributed by atoms with Crippen LogP contribution in [-0.4, -0.2) is 41.4 Å². The van der Waals surface area contributed by atoms with Crippen molar-refractivity contribution in [2.75, 3.05) is 5.75 Å². The van der Waals surface area contributed by atoms with Crippen molar-refractivity contribution >= 4 is 17.7 Å². The molecule has 0 saturated heterocycles. The van der Waals surface area contributed by atoms with Gasteiger partial charge in [-0.15, -0.1) is 10.2 Å². The van der Waals surface area contributed by atoms with Crippen LogP contribution in [0.2, 0.25) is 0 Å². The Morgan fingerprint density at radius 1 is 1.40 bits per heavy atom. The second-order valence-electron chi connectivity index (χ2n) is 5.37. The molecule has 0 amide bonds. The Hall–Kier alpha value is -1.83. The Kier molecular flexibility index (Phi) is 3.85. The highest BCUT2D eigenvalue weighted by atomic mass is 32.2. The van der Waals surface area contributed by atoms with Crippen molar-refractivity contribution in [2.24, 2.45) is 7.05 Å². The van der Waals surface area contributed by atoms with Crippen molar-refractivity contribution in [3.63, 3.8) is 0 Å². The van der Waals surface area contributed by atoms with Gasteiger partial charge >= 0.3 is 5.97 Å². The molecule has 0 spiro atoms. The zero-order chi connectivity index (χ0) is 14.9. The van der Waals surface area contributed by atoms with Crippen molar-refractivity contribution in [1.29, 1.82) is 0 Å². The van der Waals surface area contributed by atoms with Crippen LogP contribution >= 0.6 is 11.8 Å². The molecule has 2 heterocycles. The van der Waals surface area contributed by atoms with Crippen LogP contribution in [-0.2, 0) is 17.4 Å². The number of rotatable bonds is 4. The van der Waals surface area contributed by atoms with Crippen LogP contribution in [0.1, 0.15) is 20.8 Å². The van der Waals surface area contributed by atoms with Gasteiger partial charge in [0.2, 0.25) is 0 Å². The van der Waals surface area contributed by atoms with E-state index in [4.69, 9.17) is 5.11 Å². The highest BCUT2D eigenvalue weighted by Gasteiger charge is 2.25. The standard InChI is InChI=1S/C12H17N5O2S/c1-12(2,3)17-10(8-5-6-16(4)15-8)13-14-11(17)20-7-9(18)19/h5-6H,7H2,1-4H3,(H,18,19). The topological polar surface area (TPSA) is 85.8 Å². The smallest absolute Gasteiger partial charge is 0.313 e. The maximum Gasteiger partial charge on any atom is 0.313 e. The van der Waals surface area contributed by atoms with Crippen LogP contribution in [0.3, 0.4) is 0 Å². The minimum atomic E-state index is -0.877. The summed E-state index contributed by atoms with van der Waals surface area (Å²) in [6, 6.07) is 1.86. The predicted octanol–water partition coefficient (Wildman–Crippen LogP) is 1.61. The van der Waals surface area contributed by atoms with E-state index >= 15 is 0 Å². The Bertz CT molecular complexity index is 626. The second kappa shape index (κ2) is 5.28. The summed E-state index contributed by atoms with van der Waals surface area (Å²) in [6.45, 7) is 6.06. The molecule has 8 heteroatoms. The first-order valence-corrected chi connectivity index (χ1v) is 7.08. The van der Waals surface area contributed by atoms with Gasteiger partial charge in [-0.3, -0.25) is 14.0 Å². The Morgan fingerprint density at radius 3 is 2.60 bits per heavy atom. The lowest BCUT2D eigenvalue weighted by Gasteiger charge is -2.24. The summed E-state index contributed by atoms with van der Waals surface area (Å²) >= 11 is 1.16. The number of carboxylic acids is 1. The van der Waals surface area contributed by atoms with Crippen molar-refractivity contribution in [3.8, 4) is 11.5 Å². The quantitative estimate of drug-likeness (QED) is 0.862. The molecular weight excluding hydrogens is 278 g/mol. The van der Waals surface area contributed by atoms with Crippen molar-refractivity contribution in [2.45, 2.75) is 31.5 Å². The molecule has 7 nitrogen and oxygen atoms in total. The molecule has 2 aromatic rings. The van der Waals surface area contributed by atoms with Gasteiger partial charge in [-0.25, -0.2) is 0 Å². The molecule has 108 valence electrons. The molecule has 2 aromatic heterocycles. The van der Waals surface area contributed by atoms with E-state index in [1.54, 1.807) is 4.68 Å². The molecule has 0 aliphatic carbocycles. The summed E-state index contributed by atoms with van der Waals surface area (Å²) in [5.41, 5.74) is 0.453. The first-order chi connectivity index (χ1) is 9.29. The van der Waals surface area contributed by atoms with Gasteiger partial charge in [0.05, 0.1) is 5.75 Å². The molecule has 0 aliphatic heterocycles. The van der Waals surface area contributed by atoms with Crippen molar-refractivity contribution < 1.29 is 9.90 Å². The molecule has 20 heavy (non-hydrogen) atoms. The van der Waals surface area contributed by atoms with Gasteiger partial charge in [0.15, 0.2) is 11.0 Å². The fraction of sp³-hybridized carbons (Fsp3) is 0.500. The van der Waals surface area contributed by atoms with Gasteiger partial charge in [-0.2, -0.15) is 5.10 Å². The first kappa shape index (κ1) is 14.6. The van der Waals surface area contributed by atoms with E-state index in [1.165, 1.54) is 0 Å². The molecule has 0 radical (unpaired) electrons. The molecule has 1 N–H and O–H groups in total. The van der Waals surface area contributed by atoms with E-state index in [1.807, 2.05) is 44.6 Å². The van der Waals surface area contributed by atoms with Crippen LogP contribution in [0.4, 0.5) is 0 Å². The van der Waals surface area contributed by atoms with Gasteiger partial charge in [0, 0.05) is 18.8 Å². The number of nitrogens with zero attached hydrogens (tertiary/aromatic N) is 5. The van der Waals surface area contributed by atoms with Crippen LogP contribution in [0.25, 0.3) is 11.5 Å². The number of hydrogen-bond acceptors (Lipinski definition) is 5. The third kappa shape index (κ3) is 3.01. The van der Waals surface area contributed by atoms with Crippen molar-refractivity contribution in [1.82, 2.24) is 24.5 Å². The molecule has 2 rings (SSSR count). The van der Waals surface area contributed by atoms with E-state index in [9.17, 15) is 4.79 Å². The number of hydrogen-bond donors (Lipinski definition) is 1. The lowest BCUT2D eigenvalue weighted by atomic mass is 10.1. The molecule has 0 aromatic carbocycles. The average Bonchev–Trinajstić information content (AvgIpc) is 2.90. The van der Waals surface area contributed by atoms with Gasteiger partial charge in [-0.1, -0.05) is 11.8 Å². The Balaban J connectivity index is 2.45. The molecule has 0 atom stereocenters. The SMILES string of the molecule is Cn1ccc(-c2nnc(SCC(=O)O)n2C(C)(C)C)n1. The molecule has 0 saturated carbocycles. The summed E-state index contributed by atoms with van der Waals surface area (Å²) in [5.74, 6) is -0.278. The average molecular weight is 295 g/mol. The van der Waals surface area contributed by atoms with E-state index in [2.05, 4.69) is 15.3 Å². The third-order valence-corrected chi connectivity index (χ3v) is 3.49. The monoisotopic (exact) mass is 295 g/mol. The third-order valence-electron chi connectivity index (χ3n) is 2.57. The van der Waals surface area contributed by atoms with Gasteiger partial charge in [0.1, 0.15) is 5.69 Å². The Morgan fingerprint density at radius 2 is 2.10 bits per heavy atom. The largest absolute Gasteiger partial charge is 0.481 e. The van der Waals surface area contributed by atoms with Crippen LogP contribution in [0.5, 0.6) is 0 Å². The minimum Gasteiger partial charge on any atom is -0.481 e. The van der Waals surface area contributed by atoms with E-state index in [0.29, 0.717) is 11.0 Å². The number of carbonyl (C=O) groups is 1. The van der Waals surface area contributed by atoms with Crippen molar-refractivity contribution in [3.05, 3.63) is 12.3 Å². The summed E-state index contributed by atoms with van der Waals surface area (Å²) in [4.78, 5) is 10.7. The van der Waals surface area contributed by atoms with Gasteiger partial charge in [0.25, 0.3) is 0 Å². The minimum absolute atomic E-state index is 0.0452. The first-order valence-electron chi connectivity index (χ1n) is 6.09. The maximum absolute atomic E-state index is 10.7. The van der Waals surface area contributed by atoms with E-state index in [0.717, 1.165) is 17.5 Å². The van der Waals surface area contributed by atoms with E-state index in [-0.39, 0.29) is 11.3 Å². The zero-order valence-electron chi connectivity index (χ0n) is 11.9. The number of aryl methyl sites for hydroxylation is 1. The number of aromatic nitrogens is 5. The highest BCUT2D eigenvalue weighted by Crippen LogP contribution is 2.29. The van der Waals surface area contributed by atoms with Gasteiger partial charge < -0.3 is 5.11 Å². The van der Waals surface area contributed by atoms with Gasteiger partial charge in [-0.05, 0) is 26.8 Å². The molecule has 0 fully saturated rings. The summed E-state index contributed by atoms with van der Waals surface area (Å²) < 4.78 is 3.62. The van der Waals surface area contributed by atoms with Crippen LogP contribution < -0.4 is 0 Å². The fourth-order valence-electron chi connectivity index (χ4n) is 1.79.